The van der Waals surface area contributed by atoms with E-state index < -0.39 is 10.0 Å². The Morgan fingerprint density at radius 3 is 2.55 bits per heavy atom. The highest BCUT2D eigenvalue weighted by molar-refractivity contribution is 7.89. The van der Waals surface area contributed by atoms with Crippen molar-refractivity contribution in [1.29, 1.82) is 0 Å². The van der Waals surface area contributed by atoms with Crippen LogP contribution in [0.5, 0.6) is 5.75 Å². The van der Waals surface area contributed by atoms with Crippen LogP contribution in [0, 0.1) is 5.92 Å². The zero-order chi connectivity index (χ0) is 21.7. The number of hydrogen-bond donors (Lipinski definition) is 1. The summed E-state index contributed by atoms with van der Waals surface area (Å²) in [6, 6.07) is 18.7. The van der Waals surface area contributed by atoms with Gasteiger partial charge in [0.05, 0.1) is 18.3 Å². The second-order valence-electron chi connectivity index (χ2n) is 7.95. The molecule has 1 aliphatic rings. The van der Waals surface area contributed by atoms with Gasteiger partial charge in [-0.15, -0.1) is 0 Å². The van der Waals surface area contributed by atoms with Gasteiger partial charge in [0.15, 0.2) is 0 Å². The van der Waals surface area contributed by atoms with E-state index in [1.165, 1.54) is 5.56 Å². The average molecular weight is 441 g/mol. The van der Waals surface area contributed by atoms with E-state index in [1.54, 1.807) is 37.6 Å². The quantitative estimate of drug-likeness (QED) is 0.570. The van der Waals surface area contributed by atoms with Crippen LogP contribution in [0.1, 0.15) is 18.4 Å². The Morgan fingerprint density at radius 2 is 1.87 bits per heavy atom. The Bertz CT molecular complexity index is 1060. The Labute approximate surface area is 183 Å². The largest absolute Gasteiger partial charge is 0.497 e. The highest BCUT2D eigenvalue weighted by Crippen LogP contribution is 2.23. The summed E-state index contributed by atoms with van der Waals surface area (Å²) in [4.78, 5) is 2.66. The molecule has 3 aromatic rings. The predicted molar refractivity (Wildman–Crippen MR) is 120 cm³/mol. The van der Waals surface area contributed by atoms with Crippen LogP contribution in [0.25, 0.3) is 11.3 Å². The molecule has 0 aliphatic carbocycles. The first kappa shape index (κ1) is 21.6. The third kappa shape index (κ3) is 5.55. The lowest BCUT2D eigenvalue weighted by molar-refractivity contribution is 0.169. The van der Waals surface area contributed by atoms with Crippen molar-refractivity contribution in [2.75, 3.05) is 26.7 Å². The van der Waals surface area contributed by atoms with E-state index in [9.17, 15) is 8.42 Å². The highest BCUT2D eigenvalue weighted by atomic mass is 32.2. The SMILES string of the molecule is COc1ccc(S(=O)(=O)NC[C@H]2CCCN(Cc3ccc(-c4ccco4)cc3)C2)cc1. The van der Waals surface area contributed by atoms with Gasteiger partial charge in [-0.3, -0.25) is 4.90 Å². The number of methoxy groups -OCH3 is 1. The number of piperidine rings is 1. The van der Waals surface area contributed by atoms with Crippen LogP contribution in [0.15, 0.2) is 76.2 Å². The van der Waals surface area contributed by atoms with Crippen molar-refractivity contribution in [3.63, 3.8) is 0 Å². The van der Waals surface area contributed by atoms with E-state index in [-0.39, 0.29) is 4.90 Å². The third-order valence-electron chi connectivity index (χ3n) is 5.70. The first-order chi connectivity index (χ1) is 15.0. The molecule has 0 spiro atoms. The molecule has 31 heavy (non-hydrogen) atoms. The fourth-order valence-electron chi connectivity index (χ4n) is 4.00. The number of nitrogens with one attached hydrogen (secondary N) is 1. The molecule has 1 aliphatic heterocycles. The predicted octanol–water partition coefficient (Wildman–Crippen LogP) is 4.15. The molecule has 0 saturated carbocycles. The lowest BCUT2D eigenvalue weighted by Gasteiger charge is -2.32. The van der Waals surface area contributed by atoms with Crippen molar-refractivity contribution < 1.29 is 17.6 Å². The molecule has 6 nitrogen and oxygen atoms in total. The molecule has 1 atom stereocenters. The third-order valence-corrected chi connectivity index (χ3v) is 7.14. The molecule has 0 unspecified atom stereocenters. The van der Waals surface area contributed by atoms with Crippen molar-refractivity contribution in [1.82, 2.24) is 9.62 Å². The van der Waals surface area contributed by atoms with Crippen molar-refractivity contribution in [3.05, 3.63) is 72.5 Å². The number of furan rings is 1. The Kier molecular flexibility index (Phi) is 6.75. The van der Waals surface area contributed by atoms with Gasteiger partial charge in [-0.1, -0.05) is 24.3 Å². The minimum atomic E-state index is -3.52. The molecule has 1 saturated heterocycles. The normalized spacial score (nSPS) is 17.5. The molecule has 164 valence electrons. The van der Waals surface area contributed by atoms with Gasteiger partial charge in [-0.2, -0.15) is 0 Å². The summed E-state index contributed by atoms with van der Waals surface area (Å²) in [6.45, 7) is 3.22. The molecule has 0 radical (unpaired) electrons. The second kappa shape index (κ2) is 9.68. The maximum Gasteiger partial charge on any atom is 0.240 e. The van der Waals surface area contributed by atoms with Gasteiger partial charge in [-0.05, 0) is 67.3 Å². The van der Waals surface area contributed by atoms with Gasteiger partial charge in [0.1, 0.15) is 11.5 Å². The Morgan fingerprint density at radius 1 is 1.10 bits per heavy atom. The van der Waals surface area contributed by atoms with Gasteiger partial charge in [0.25, 0.3) is 0 Å². The Hall–Kier alpha value is -2.61. The van der Waals surface area contributed by atoms with Crippen LogP contribution < -0.4 is 9.46 Å². The smallest absolute Gasteiger partial charge is 0.240 e. The summed E-state index contributed by atoms with van der Waals surface area (Å²) in [6.07, 6.45) is 3.78. The first-order valence-corrected chi connectivity index (χ1v) is 12.0. The topological polar surface area (TPSA) is 71.8 Å². The molecular weight excluding hydrogens is 412 g/mol. The van der Waals surface area contributed by atoms with Gasteiger partial charge in [0.2, 0.25) is 10.0 Å². The lowest BCUT2D eigenvalue weighted by Crippen LogP contribution is -2.40. The lowest BCUT2D eigenvalue weighted by atomic mass is 9.98. The van der Waals surface area contributed by atoms with E-state index >= 15 is 0 Å². The molecule has 0 amide bonds. The first-order valence-electron chi connectivity index (χ1n) is 10.5. The molecule has 2 heterocycles. The molecule has 1 N–H and O–H groups in total. The molecular formula is C24H28N2O4S. The van der Waals surface area contributed by atoms with Crippen LogP contribution in [0.4, 0.5) is 0 Å². The summed E-state index contributed by atoms with van der Waals surface area (Å²) in [5.41, 5.74) is 2.31. The minimum Gasteiger partial charge on any atom is -0.497 e. The number of likely N-dealkylation sites (tertiary alicyclic amines) is 1. The van der Waals surface area contributed by atoms with E-state index in [0.29, 0.717) is 18.2 Å². The second-order valence-corrected chi connectivity index (χ2v) is 9.71. The van der Waals surface area contributed by atoms with E-state index in [4.69, 9.17) is 9.15 Å². The fraction of sp³-hybridized carbons (Fsp3) is 0.333. The van der Waals surface area contributed by atoms with E-state index in [1.807, 2.05) is 12.1 Å². The van der Waals surface area contributed by atoms with Crippen LogP contribution in [-0.2, 0) is 16.6 Å². The number of ether oxygens (including phenoxy) is 1. The molecule has 7 heteroatoms. The van der Waals surface area contributed by atoms with Crippen molar-refractivity contribution >= 4 is 10.0 Å². The fourth-order valence-corrected chi connectivity index (χ4v) is 5.12. The van der Waals surface area contributed by atoms with Crippen molar-refractivity contribution in [2.24, 2.45) is 5.92 Å². The Balaban J connectivity index is 1.31. The molecule has 1 aromatic heterocycles. The van der Waals surface area contributed by atoms with Crippen molar-refractivity contribution in [3.8, 4) is 17.1 Å². The highest BCUT2D eigenvalue weighted by Gasteiger charge is 2.22. The molecule has 1 fully saturated rings. The van der Waals surface area contributed by atoms with Crippen LogP contribution in [0.3, 0.4) is 0 Å². The van der Waals surface area contributed by atoms with Crippen LogP contribution in [-0.4, -0.2) is 40.1 Å². The van der Waals surface area contributed by atoms with Crippen molar-refractivity contribution in [2.45, 2.75) is 24.3 Å². The number of sulfonamides is 1. The number of benzene rings is 2. The number of nitrogens with zero attached hydrogens (tertiary/aromatic N) is 1. The van der Waals surface area contributed by atoms with Gasteiger partial charge in [-0.25, -0.2) is 13.1 Å². The maximum absolute atomic E-state index is 12.6. The number of rotatable bonds is 8. The van der Waals surface area contributed by atoms with Gasteiger partial charge >= 0.3 is 0 Å². The summed E-state index contributed by atoms with van der Waals surface area (Å²) in [5.74, 6) is 1.80. The standard InChI is InChI=1S/C24H28N2O4S/c1-29-22-10-12-23(13-11-22)31(27,28)25-16-20-4-2-14-26(18-20)17-19-6-8-21(9-7-19)24-5-3-15-30-24/h3,5-13,15,20,25H,2,4,14,16-18H2,1H3/t20-/m1/s1. The summed E-state index contributed by atoms with van der Waals surface area (Å²) < 4.78 is 38.5. The summed E-state index contributed by atoms with van der Waals surface area (Å²) >= 11 is 0. The monoisotopic (exact) mass is 440 g/mol. The van der Waals surface area contributed by atoms with Crippen LogP contribution in [0.2, 0.25) is 0 Å². The zero-order valence-corrected chi connectivity index (χ0v) is 18.5. The zero-order valence-electron chi connectivity index (χ0n) is 17.7. The van der Waals surface area contributed by atoms with Gasteiger partial charge < -0.3 is 9.15 Å². The average Bonchev–Trinajstić information content (AvgIpc) is 3.34. The number of hydrogen-bond acceptors (Lipinski definition) is 5. The van der Waals surface area contributed by atoms with Gasteiger partial charge in [0, 0.05) is 25.2 Å². The molecule has 0 bridgehead atoms. The summed E-state index contributed by atoms with van der Waals surface area (Å²) in [5, 5.41) is 0. The van der Waals surface area contributed by atoms with E-state index in [2.05, 4.69) is 33.9 Å². The van der Waals surface area contributed by atoms with E-state index in [0.717, 1.165) is 43.8 Å². The summed E-state index contributed by atoms with van der Waals surface area (Å²) in [7, 11) is -1.96. The van der Waals surface area contributed by atoms with Crippen LogP contribution >= 0.6 is 0 Å². The maximum atomic E-state index is 12.6. The molecule has 2 aromatic carbocycles. The molecule has 4 rings (SSSR count). The minimum absolute atomic E-state index is 0.262.